The molecule has 0 aliphatic carbocycles. The molecule has 2 rings (SSSR count). The summed E-state index contributed by atoms with van der Waals surface area (Å²) in [6.07, 6.45) is 1.10. The highest BCUT2D eigenvalue weighted by Gasteiger charge is 2.12. The zero-order chi connectivity index (χ0) is 13.8. The van der Waals surface area contributed by atoms with E-state index >= 15 is 0 Å². The number of rotatable bonds is 5. The molecule has 1 heterocycles. The van der Waals surface area contributed by atoms with Gasteiger partial charge in [-0.15, -0.1) is 11.3 Å². The molecule has 0 bridgehead atoms. The van der Waals surface area contributed by atoms with Gasteiger partial charge in [-0.25, -0.2) is 4.39 Å². The van der Waals surface area contributed by atoms with Crippen molar-refractivity contribution in [1.29, 1.82) is 0 Å². The van der Waals surface area contributed by atoms with Gasteiger partial charge in [0.1, 0.15) is 5.82 Å². The smallest absolute Gasteiger partial charge is 0.131 e. The SMILES string of the molecule is CCCNC(C)c1ccc(F)c(-c2sccc2C)c1. The average Bonchev–Trinajstić information content (AvgIpc) is 2.82. The maximum atomic E-state index is 14.0. The Bertz CT molecular complexity index is 547. The first-order valence-electron chi connectivity index (χ1n) is 6.70. The molecule has 2 aromatic rings. The molecule has 0 aliphatic rings. The van der Waals surface area contributed by atoms with Gasteiger partial charge >= 0.3 is 0 Å². The van der Waals surface area contributed by atoms with Crippen LogP contribution < -0.4 is 5.32 Å². The van der Waals surface area contributed by atoms with Crippen LogP contribution in [0.1, 0.15) is 37.4 Å². The first-order chi connectivity index (χ1) is 9.13. The van der Waals surface area contributed by atoms with Gasteiger partial charge in [0.2, 0.25) is 0 Å². The first kappa shape index (κ1) is 14.2. The van der Waals surface area contributed by atoms with Gasteiger partial charge in [0, 0.05) is 16.5 Å². The molecule has 1 N–H and O–H groups in total. The van der Waals surface area contributed by atoms with E-state index in [9.17, 15) is 4.39 Å². The third-order valence-corrected chi connectivity index (χ3v) is 4.35. The number of thiophene rings is 1. The quantitative estimate of drug-likeness (QED) is 0.817. The van der Waals surface area contributed by atoms with Crippen molar-refractivity contribution < 1.29 is 4.39 Å². The van der Waals surface area contributed by atoms with Crippen molar-refractivity contribution in [2.45, 2.75) is 33.2 Å². The number of benzene rings is 1. The van der Waals surface area contributed by atoms with Gasteiger partial charge < -0.3 is 5.32 Å². The minimum absolute atomic E-state index is 0.142. The molecule has 3 heteroatoms. The third-order valence-electron chi connectivity index (χ3n) is 3.30. The van der Waals surface area contributed by atoms with Crippen LogP contribution in [0.5, 0.6) is 0 Å². The summed E-state index contributed by atoms with van der Waals surface area (Å²) in [6.45, 7) is 7.27. The van der Waals surface area contributed by atoms with E-state index in [1.807, 2.05) is 30.5 Å². The van der Waals surface area contributed by atoms with Crippen LogP contribution in [0.4, 0.5) is 4.39 Å². The summed E-state index contributed by atoms with van der Waals surface area (Å²) in [7, 11) is 0. The van der Waals surface area contributed by atoms with Gasteiger partial charge in [0.05, 0.1) is 0 Å². The van der Waals surface area contributed by atoms with E-state index in [0.29, 0.717) is 0 Å². The molecule has 0 saturated carbocycles. The molecule has 0 aliphatic heterocycles. The summed E-state index contributed by atoms with van der Waals surface area (Å²) in [6, 6.07) is 7.70. The van der Waals surface area contributed by atoms with Crippen LogP contribution in [-0.2, 0) is 0 Å². The molecule has 1 nitrogen and oxygen atoms in total. The van der Waals surface area contributed by atoms with Crippen molar-refractivity contribution in [3.05, 3.63) is 46.6 Å². The van der Waals surface area contributed by atoms with Crippen LogP contribution >= 0.6 is 11.3 Å². The van der Waals surface area contributed by atoms with Crippen LogP contribution in [-0.4, -0.2) is 6.54 Å². The lowest BCUT2D eigenvalue weighted by atomic mass is 10.0. The summed E-state index contributed by atoms with van der Waals surface area (Å²) >= 11 is 1.59. The summed E-state index contributed by atoms with van der Waals surface area (Å²) in [5.74, 6) is -0.142. The molecule has 0 amide bonds. The predicted octanol–water partition coefficient (Wildman–Crippen LogP) is 4.92. The fourth-order valence-electron chi connectivity index (χ4n) is 2.11. The van der Waals surface area contributed by atoms with E-state index < -0.39 is 0 Å². The van der Waals surface area contributed by atoms with Crippen molar-refractivity contribution in [3.8, 4) is 10.4 Å². The molecule has 1 atom stereocenters. The summed E-state index contributed by atoms with van der Waals surface area (Å²) in [5.41, 5.74) is 2.99. The average molecular weight is 277 g/mol. The number of hydrogen-bond donors (Lipinski definition) is 1. The number of hydrogen-bond acceptors (Lipinski definition) is 2. The zero-order valence-electron chi connectivity index (χ0n) is 11.7. The number of nitrogens with one attached hydrogen (secondary N) is 1. The Morgan fingerprint density at radius 3 is 2.74 bits per heavy atom. The Kier molecular flexibility index (Phi) is 4.72. The van der Waals surface area contributed by atoms with Crippen LogP contribution in [0.3, 0.4) is 0 Å². The molecular formula is C16H20FNS. The van der Waals surface area contributed by atoms with E-state index in [-0.39, 0.29) is 11.9 Å². The monoisotopic (exact) mass is 277 g/mol. The van der Waals surface area contributed by atoms with E-state index in [1.54, 1.807) is 17.4 Å². The number of halogens is 1. The molecule has 1 unspecified atom stereocenters. The van der Waals surface area contributed by atoms with Crippen molar-refractivity contribution in [1.82, 2.24) is 5.32 Å². The predicted molar refractivity (Wildman–Crippen MR) is 81.2 cm³/mol. The van der Waals surface area contributed by atoms with Crippen molar-refractivity contribution >= 4 is 11.3 Å². The van der Waals surface area contributed by atoms with Gasteiger partial charge in [-0.2, -0.15) is 0 Å². The van der Waals surface area contributed by atoms with Gasteiger partial charge in [0.15, 0.2) is 0 Å². The van der Waals surface area contributed by atoms with Crippen LogP contribution in [0.15, 0.2) is 29.6 Å². The highest BCUT2D eigenvalue weighted by atomic mass is 32.1. The number of aryl methyl sites for hydroxylation is 1. The first-order valence-corrected chi connectivity index (χ1v) is 7.58. The standard InChI is InChI=1S/C16H20FNS/c1-4-8-18-12(3)13-5-6-15(17)14(10-13)16-11(2)7-9-19-16/h5-7,9-10,12,18H,4,8H2,1-3H3. The Morgan fingerprint density at radius 2 is 2.11 bits per heavy atom. The molecule has 0 spiro atoms. The van der Waals surface area contributed by atoms with E-state index in [0.717, 1.165) is 34.5 Å². The molecule has 0 fully saturated rings. The Morgan fingerprint density at radius 1 is 1.32 bits per heavy atom. The molecule has 19 heavy (non-hydrogen) atoms. The minimum atomic E-state index is -0.142. The van der Waals surface area contributed by atoms with E-state index in [4.69, 9.17) is 0 Å². The van der Waals surface area contributed by atoms with Gasteiger partial charge in [-0.1, -0.05) is 13.0 Å². The molecule has 1 aromatic heterocycles. The Labute approximate surface area is 118 Å². The van der Waals surface area contributed by atoms with Gasteiger partial charge in [0.25, 0.3) is 0 Å². The largest absolute Gasteiger partial charge is 0.310 e. The lowest BCUT2D eigenvalue weighted by Gasteiger charge is -2.15. The molecular weight excluding hydrogens is 257 g/mol. The maximum Gasteiger partial charge on any atom is 0.131 e. The topological polar surface area (TPSA) is 12.0 Å². The maximum absolute atomic E-state index is 14.0. The highest BCUT2D eigenvalue weighted by Crippen LogP contribution is 2.32. The minimum Gasteiger partial charge on any atom is -0.310 e. The third kappa shape index (κ3) is 3.23. The zero-order valence-corrected chi connectivity index (χ0v) is 12.5. The van der Waals surface area contributed by atoms with Gasteiger partial charge in [-0.3, -0.25) is 0 Å². The molecule has 0 radical (unpaired) electrons. The van der Waals surface area contributed by atoms with Crippen molar-refractivity contribution in [2.24, 2.45) is 0 Å². The Hall–Kier alpha value is -1.19. The Balaban J connectivity index is 2.32. The van der Waals surface area contributed by atoms with Crippen molar-refractivity contribution in [3.63, 3.8) is 0 Å². The van der Waals surface area contributed by atoms with Crippen LogP contribution in [0.25, 0.3) is 10.4 Å². The van der Waals surface area contributed by atoms with E-state index in [2.05, 4.69) is 19.2 Å². The summed E-state index contributed by atoms with van der Waals surface area (Å²) in [5, 5.41) is 5.45. The fourth-order valence-corrected chi connectivity index (χ4v) is 3.06. The van der Waals surface area contributed by atoms with Crippen molar-refractivity contribution in [2.75, 3.05) is 6.54 Å². The molecule has 102 valence electrons. The second-order valence-corrected chi connectivity index (χ2v) is 5.76. The van der Waals surface area contributed by atoms with Crippen LogP contribution in [0, 0.1) is 12.7 Å². The van der Waals surface area contributed by atoms with Crippen LogP contribution in [0.2, 0.25) is 0 Å². The molecule has 1 aromatic carbocycles. The lowest BCUT2D eigenvalue weighted by Crippen LogP contribution is -2.19. The normalized spacial score (nSPS) is 12.6. The highest BCUT2D eigenvalue weighted by molar-refractivity contribution is 7.13. The fraction of sp³-hybridized carbons (Fsp3) is 0.375. The van der Waals surface area contributed by atoms with Gasteiger partial charge in [-0.05, 0) is 61.5 Å². The molecule has 0 saturated heterocycles. The summed E-state index contributed by atoms with van der Waals surface area (Å²) in [4.78, 5) is 1.03. The lowest BCUT2D eigenvalue weighted by molar-refractivity contribution is 0.568. The van der Waals surface area contributed by atoms with E-state index in [1.165, 1.54) is 0 Å². The summed E-state index contributed by atoms with van der Waals surface area (Å²) < 4.78 is 14.0. The second kappa shape index (κ2) is 6.31. The second-order valence-electron chi connectivity index (χ2n) is 4.85.